The van der Waals surface area contributed by atoms with E-state index in [2.05, 4.69) is 15.5 Å². The van der Waals surface area contributed by atoms with Crippen LogP contribution in [0.5, 0.6) is 0 Å². The molecule has 1 fully saturated rings. The molecule has 0 bridgehead atoms. The number of carbonyl (C=O) groups is 1. The Hall–Kier alpha value is -0.760. The van der Waals surface area contributed by atoms with Crippen LogP contribution in [0.3, 0.4) is 0 Å². The minimum Gasteiger partial charge on any atom is -0.481 e. The van der Waals surface area contributed by atoms with Crippen LogP contribution in [0.1, 0.15) is 18.9 Å². The maximum atomic E-state index is 10.5. The first kappa shape index (κ1) is 11.7. The van der Waals surface area contributed by atoms with Gasteiger partial charge in [-0.05, 0) is 34.8 Å². The number of carboxylic acids is 1. The van der Waals surface area contributed by atoms with Crippen LogP contribution in [0.4, 0.5) is 0 Å². The molecule has 1 saturated heterocycles. The van der Waals surface area contributed by atoms with E-state index in [-0.39, 0.29) is 5.75 Å². The molecular weight excluding hydrogens is 248 g/mol. The van der Waals surface area contributed by atoms with Gasteiger partial charge in [0.15, 0.2) is 0 Å². The monoisotopic (exact) mass is 260 g/mol. The van der Waals surface area contributed by atoms with Gasteiger partial charge in [-0.3, -0.25) is 4.79 Å². The van der Waals surface area contributed by atoms with E-state index in [9.17, 15) is 4.79 Å². The van der Waals surface area contributed by atoms with Crippen LogP contribution in [0.25, 0.3) is 0 Å². The van der Waals surface area contributed by atoms with Crippen molar-refractivity contribution in [2.24, 2.45) is 0 Å². The number of thioether (sulfide) groups is 2. The molecule has 0 aliphatic carbocycles. The second kappa shape index (κ2) is 5.53. The van der Waals surface area contributed by atoms with Crippen molar-refractivity contribution in [1.29, 1.82) is 0 Å². The van der Waals surface area contributed by atoms with E-state index < -0.39 is 5.97 Å². The van der Waals surface area contributed by atoms with E-state index in [0.717, 1.165) is 24.3 Å². The van der Waals surface area contributed by atoms with Crippen LogP contribution in [0.2, 0.25) is 0 Å². The Morgan fingerprint density at radius 2 is 2.31 bits per heavy atom. The molecule has 0 amide bonds. The van der Waals surface area contributed by atoms with Gasteiger partial charge in [0.2, 0.25) is 5.16 Å². The topological polar surface area (TPSA) is 80.9 Å². The minimum absolute atomic E-state index is 0.00183. The minimum atomic E-state index is -0.848. The average molecular weight is 260 g/mol. The van der Waals surface area contributed by atoms with Gasteiger partial charge in [0.05, 0.1) is 11.8 Å². The Balaban J connectivity index is 2.02. The molecule has 0 radical (unpaired) electrons. The zero-order valence-corrected chi connectivity index (χ0v) is 10.2. The zero-order valence-electron chi connectivity index (χ0n) is 8.57. The summed E-state index contributed by atoms with van der Waals surface area (Å²) in [6.45, 7) is 0. The largest absolute Gasteiger partial charge is 0.481 e. The number of hydrogen-bond acceptors (Lipinski definition) is 6. The Labute approximate surface area is 101 Å². The van der Waals surface area contributed by atoms with Crippen molar-refractivity contribution in [3.8, 4) is 0 Å². The molecule has 2 heterocycles. The molecular formula is C8H12N4O2S2. The fourth-order valence-electron chi connectivity index (χ4n) is 1.57. The number of nitrogens with zero attached hydrogens (tertiary/aromatic N) is 4. The number of hydrogen-bond donors (Lipinski definition) is 1. The maximum Gasteiger partial charge on any atom is 0.313 e. The van der Waals surface area contributed by atoms with E-state index in [1.807, 2.05) is 11.8 Å². The quantitative estimate of drug-likeness (QED) is 0.806. The van der Waals surface area contributed by atoms with Crippen molar-refractivity contribution in [2.75, 3.05) is 17.3 Å². The van der Waals surface area contributed by atoms with E-state index in [0.29, 0.717) is 11.2 Å². The molecule has 0 saturated carbocycles. The first-order chi connectivity index (χ1) is 7.77. The van der Waals surface area contributed by atoms with Gasteiger partial charge in [-0.25, -0.2) is 4.68 Å². The van der Waals surface area contributed by atoms with Crippen molar-refractivity contribution in [1.82, 2.24) is 20.2 Å². The summed E-state index contributed by atoms with van der Waals surface area (Å²) < 4.78 is 1.77. The van der Waals surface area contributed by atoms with Crippen LogP contribution in [0.15, 0.2) is 5.16 Å². The number of carboxylic acid groups (broad SMARTS) is 1. The highest BCUT2D eigenvalue weighted by Gasteiger charge is 2.20. The highest BCUT2D eigenvalue weighted by molar-refractivity contribution is 7.99. The van der Waals surface area contributed by atoms with Crippen molar-refractivity contribution < 1.29 is 9.90 Å². The number of rotatable bonds is 4. The van der Waals surface area contributed by atoms with Gasteiger partial charge in [-0.15, -0.1) is 5.10 Å². The number of aliphatic carboxylic acids is 1. The maximum absolute atomic E-state index is 10.5. The first-order valence-corrected chi connectivity index (χ1v) is 7.11. The van der Waals surface area contributed by atoms with E-state index >= 15 is 0 Å². The fraction of sp³-hybridized carbons (Fsp3) is 0.750. The molecule has 1 N–H and O–H groups in total. The number of tetrazole rings is 1. The highest BCUT2D eigenvalue weighted by Crippen LogP contribution is 2.29. The van der Waals surface area contributed by atoms with E-state index in [4.69, 9.17) is 5.11 Å². The van der Waals surface area contributed by atoms with Gasteiger partial charge < -0.3 is 5.11 Å². The molecule has 16 heavy (non-hydrogen) atoms. The second-order valence-electron chi connectivity index (χ2n) is 3.43. The molecule has 1 aromatic rings. The standard InChI is InChI=1S/C8H12N4O2S2/c13-7(14)5-16-8-9-10-11-12(8)6-1-3-15-4-2-6/h6H,1-5H2,(H,13,14). The second-order valence-corrected chi connectivity index (χ2v) is 5.60. The normalized spacial score (nSPS) is 17.5. The lowest BCUT2D eigenvalue weighted by molar-refractivity contribution is -0.133. The summed E-state index contributed by atoms with van der Waals surface area (Å²) in [4.78, 5) is 10.5. The van der Waals surface area contributed by atoms with Crippen LogP contribution in [-0.2, 0) is 4.79 Å². The lowest BCUT2D eigenvalue weighted by atomic mass is 10.2. The molecule has 88 valence electrons. The molecule has 0 spiro atoms. The zero-order chi connectivity index (χ0) is 11.4. The SMILES string of the molecule is O=C(O)CSc1nnnn1C1CCSCC1. The van der Waals surface area contributed by atoms with Crippen molar-refractivity contribution in [3.05, 3.63) is 0 Å². The summed E-state index contributed by atoms with van der Waals surface area (Å²) in [5.41, 5.74) is 0. The number of aromatic nitrogens is 4. The lowest BCUT2D eigenvalue weighted by Crippen LogP contribution is -2.17. The van der Waals surface area contributed by atoms with Crippen LogP contribution in [0, 0.1) is 0 Å². The molecule has 1 aromatic heterocycles. The first-order valence-electron chi connectivity index (χ1n) is 4.97. The molecule has 0 aromatic carbocycles. The van der Waals surface area contributed by atoms with E-state index in [1.54, 1.807) is 4.68 Å². The van der Waals surface area contributed by atoms with Crippen LogP contribution < -0.4 is 0 Å². The van der Waals surface area contributed by atoms with Crippen molar-refractivity contribution >= 4 is 29.5 Å². The molecule has 1 aliphatic rings. The highest BCUT2D eigenvalue weighted by atomic mass is 32.2. The summed E-state index contributed by atoms with van der Waals surface area (Å²) in [7, 11) is 0. The summed E-state index contributed by atoms with van der Waals surface area (Å²) in [5.74, 6) is 1.39. The lowest BCUT2D eigenvalue weighted by Gasteiger charge is -2.21. The van der Waals surface area contributed by atoms with Crippen molar-refractivity contribution in [3.63, 3.8) is 0 Å². The van der Waals surface area contributed by atoms with Crippen LogP contribution >= 0.6 is 23.5 Å². The molecule has 8 heteroatoms. The Morgan fingerprint density at radius 3 is 3.00 bits per heavy atom. The fourth-order valence-corrected chi connectivity index (χ4v) is 3.31. The Bertz CT molecular complexity index is 365. The summed E-state index contributed by atoms with van der Waals surface area (Å²) in [6.07, 6.45) is 2.10. The van der Waals surface area contributed by atoms with Gasteiger partial charge in [-0.2, -0.15) is 11.8 Å². The third-order valence-electron chi connectivity index (χ3n) is 2.32. The molecule has 0 unspecified atom stereocenters. The summed E-state index contributed by atoms with van der Waals surface area (Å²) in [5, 5.41) is 20.6. The molecule has 1 aliphatic heterocycles. The average Bonchev–Trinajstić information content (AvgIpc) is 2.75. The summed E-state index contributed by atoms with van der Waals surface area (Å²) >= 11 is 3.11. The third-order valence-corrected chi connectivity index (χ3v) is 4.29. The molecule has 6 nitrogen and oxygen atoms in total. The van der Waals surface area contributed by atoms with Gasteiger partial charge in [0.1, 0.15) is 0 Å². The van der Waals surface area contributed by atoms with E-state index in [1.165, 1.54) is 11.8 Å². The predicted octanol–water partition coefficient (Wildman–Crippen LogP) is 0.918. The smallest absolute Gasteiger partial charge is 0.313 e. The Kier molecular flexibility index (Phi) is 4.05. The van der Waals surface area contributed by atoms with Gasteiger partial charge >= 0.3 is 5.97 Å². The van der Waals surface area contributed by atoms with Crippen LogP contribution in [-0.4, -0.2) is 48.5 Å². The Morgan fingerprint density at radius 1 is 1.56 bits per heavy atom. The third kappa shape index (κ3) is 2.88. The predicted molar refractivity (Wildman–Crippen MR) is 61.8 cm³/mol. The van der Waals surface area contributed by atoms with Crippen molar-refractivity contribution in [2.45, 2.75) is 24.0 Å². The molecule has 0 atom stereocenters. The van der Waals surface area contributed by atoms with Gasteiger partial charge in [0.25, 0.3) is 0 Å². The van der Waals surface area contributed by atoms with Gasteiger partial charge in [-0.1, -0.05) is 11.8 Å². The summed E-state index contributed by atoms with van der Waals surface area (Å²) in [6, 6.07) is 0.326. The van der Waals surface area contributed by atoms with Gasteiger partial charge in [0, 0.05) is 0 Å². The molecule has 2 rings (SSSR count).